The molecule has 4 nitrogen and oxygen atoms in total. The van der Waals surface area contributed by atoms with E-state index in [0.29, 0.717) is 6.04 Å². The maximum absolute atomic E-state index is 12.7. The fourth-order valence-electron chi connectivity index (χ4n) is 4.84. The van der Waals surface area contributed by atoms with E-state index in [9.17, 15) is 4.79 Å². The molecule has 1 atom stereocenters. The Morgan fingerprint density at radius 2 is 1.77 bits per heavy atom. The number of nitrogens with zero attached hydrogens (tertiary/aromatic N) is 3. The summed E-state index contributed by atoms with van der Waals surface area (Å²) in [7, 11) is 4.35. The molecule has 1 aromatic heterocycles. The highest BCUT2D eigenvalue weighted by atomic mass is 16.2. The van der Waals surface area contributed by atoms with E-state index in [2.05, 4.69) is 48.2 Å². The lowest BCUT2D eigenvalue weighted by molar-refractivity contribution is 0.0637. The number of benzene rings is 1. The molecule has 4 heteroatoms. The SMILES string of the molecule is CN(C)C1CCC2(CCN(C(=O)c3ccncc3)CC2)c2ccccc21. The molecule has 0 radical (unpaired) electrons. The Kier molecular flexibility index (Phi) is 4.53. The van der Waals surface area contributed by atoms with Crippen molar-refractivity contribution in [3.63, 3.8) is 0 Å². The van der Waals surface area contributed by atoms with E-state index < -0.39 is 0 Å². The zero-order chi connectivity index (χ0) is 18.1. The predicted molar refractivity (Wildman–Crippen MR) is 103 cm³/mol. The van der Waals surface area contributed by atoms with Gasteiger partial charge in [-0.15, -0.1) is 0 Å². The minimum absolute atomic E-state index is 0.137. The maximum atomic E-state index is 12.7. The van der Waals surface area contributed by atoms with Crippen molar-refractivity contribution in [3.05, 3.63) is 65.5 Å². The summed E-state index contributed by atoms with van der Waals surface area (Å²) < 4.78 is 0. The minimum atomic E-state index is 0.137. The summed E-state index contributed by atoms with van der Waals surface area (Å²) in [6, 6.07) is 13.1. The Hall–Kier alpha value is -2.20. The number of aromatic nitrogens is 1. The number of carbonyl (C=O) groups excluding carboxylic acids is 1. The minimum Gasteiger partial charge on any atom is -0.339 e. The van der Waals surface area contributed by atoms with Crippen LogP contribution in [0.1, 0.15) is 53.2 Å². The molecule has 2 aliphatic rings. The first-order valence-electron chi connectivity index (χ1n) is 9.56. The number of pyridine rings is 1. The number of hydrogen-bond donors (Lipinski definition) is 0. The van der Waals surface area contributed by atoms with Crippen molar-refractivity contribution in [2.24, 2.45) is 0 Å². The lowest BCUT2D eigenvalue weighted by Gasteiger charge is -2.48. The smallest absolute Gasteiger partial charge is 0.253 e. The summed E-state index contributed by atoms with van der Waals surface area (Å²) in [6.45, 7) is 1.67. The summed E-state index contributed by atoms with van der Waals surface area (Å²) in [5.74, 6) is 0.137. The quantitative estimate of drug-likeness (QED) is 0.830. The van der Waals surface area contributed by atoms with Crippen molar-refractivity contribution in [1.82, 2.24) is 14.8 Å². The largest absolute Gasteiger partial charge is 0.339 e. The Labute approximate surface area is 155 Å². The molecule has 1 fully saturated rings. The first-order chi connectivity index (χ1) is 12.6. The van der Waals surface area contributed by atoms with E-state index >= 15 is 0 Å². The molecule has 1 aromatic carbocycles. The van der Waals surface area contributed by atoms with Crippen molar-refractivity contribution in [3.8, 4) is 0 Å². The number of rotatable bonds is 2. The maximum Gasteiger partial charge on any atom is 0.253 e. The summed E-state index contributed by atoms with van der Waals surface area (Å²) >= 11 is 0. The first-order valence-corrected chi connectivity index (χ1v) is 9.56. The molecule has 1 aliphatic heterocycles. The molecule has 1 unspecified atom stereocenters. The molecule has 136 valence electrons. The number of piperidine rings is 1. The number of amides is 1. The van der Waals surface area contributed by atoms with Crippen LogP contribution < -0.4 is 0 Å². The molecule has 2 heterocycles. The summed E-state index contributed by atoms with van der Waals surface area (Å²) in [5.41, 5.74) is 3.98. The summed E-state index contributed by atoms with van der Waals surface area (Å²) in [5, 5.41) is 0. The van der Waals surface area contributed by atoms with Crippen LogP contribution in [0.15, 0.2) is 48.8 Å². The van der Waals surface area contributed by atoms with Gasteiger partial charge in [0.05, 0.1) is 0 Å². The second-order valence-electron chi connectivity index (χ2n) is 7.91. The van der Waals surface area contributed by atoms with Crippen LogP contribution in [0.5, 0.6) is 0 Å². The third-order valence-corrected chi connectivity index (χ3v) is 6.35. The fourth-order valence-corrected chi connectivity index (χ4v) is 4.84. The van der Waals surface area contributed by atoms with E-state index in [0.717, 1.165) is 31.5 Å². The van der Waals surface area contributed by atoms with Gasteiger partial charge in [0.25, 0.3) is 5.91 Å². The van der Waals surface area contributed by atoms with Crippen LogP contribution in [0.2, 0.25) is 0 Å². The highest BCUT2D eigenvalue weighted by molar-refractivity contribution is 5.94. The Morgan fingerprint density at radius 1 is 1.08 bits per heavy atom. The number of hydrogen-bond acceptors (Lipinski definition) is 3. The molecule has 0 N–H and O–H groups in total. The van der Waals surface area contributed by atoms with Gasteiger partial charge in [-0.25, -0.2) is 0 Å². The van der Waals surface area contributed by atoms with Gasteiger partial charge < -0.3 is 9.80 Å². The van der Waals surface area contributed by atoms with E-state index in [1.807, 2.05) is 17.0 Å². The van der Waals surface area contributed by atoms with E-state index in [4.69, 9.17) is 0 Å². The van der Waals surface area contributed by atoms with Crippen LogP contribution in [0, 0.1) is 0 Å². The molecule has 1 saturated heterocycles. The molecular weight excluding hydrogens is 322 g/mol. The van der Waals surface area contributed by atoms with Crippen molar-refractivity contribution in [1.29, 1.82) is 0 Å². The third-order valence-electron chi connectivity index (χ3n) is 6.35. The average Bonchev–Trinajstić information content (AvgIpc) is 2.69. The van der Waals surface area contributed by atoms with Gasteiger partial charge >= 0.3 is 0 Å². The van der Waals surface area contributed by atoms with Crippen LogP contribution in [-0.4, -0.2) is 47.9 Å². The molecule has 2 aromatic rings. The normalized spacial score (nSPS) is 21.7. The molecule has 26 heavy (non-hydrogen) atoms. The Morgan fingerprint density at radius 3 is 2.46 bits per heavy atom. The Bertz CT molecular complexity index is 779. The number of carbonyl (C=O) groups is 1. The molecule has 0 bridgehead atoms. The second kappa shape index (κ2) is 6.84. The lowest BCUT2D eigenvalue weighted by atomic mass is 9.63. The summed E-state index contributed by atoms with van der Waals surface area (Å²) in [6.07, 6.45) is 7.91. The standard InChI is InChI=1S/C22H27N3O/c1-24(2)20-7-10-22(19-6-4-3-5-18(19)20)11-15-25(16-12-22)21(26)17-8-13-23-14-9-17/h3-6,8-9,13-14,20H,7,10-12,15-16H2,1-2H3. The van der Waals surface area contributed by atoms with Gasteiger partial charge in [-0.2, -0.15) is 0 Å². The summed E-state index contributed by atoms with van der Waals surface area (Å²) in [4.78, 5) is 21.1. The first kappa shape index (κ1) is 17.2. The van der Waals surface area contributed by atoms with Crippen LogP contribution >= 0.6 is 0 Å². The zero-order valence-electron chi connectivity index (χ0n) is 15.7. The highest BCUT2D eigenvalue weighted by Gasteiger charge is 2.42. The molecule has 4 rings (SSSR count). The van der Waals surface area contributed by atoms with Gasteiger partial charge in [0.2, 0.25) is 0 Å². The highest BCUT2D eigenvalue weighted by Crippen LogP contribution is 2.49. The van der Waals surface area contributed by atoms with Crippen LogP contribution in [0.25, 0.3) is 0 Å². The van der Waals surface area contributed by atoms with Gasteiger partial charge in [-0.1, -0.05) is 24.3 Å². The molecule has 1 aliphatic carbocycles. The van der Waals surface area contributed by atoms with Gasteiger partial charge in [-0.05, 0) is 68.5 Å². The number of likely N-dealkylation sites (tertiary alicyclic amines) is 1. The van der Waals surface area contributed by atoms with E-state index in [1.54, 1.807) is 12.4 Å². The van der Waals surface area contributed by atoms with Crippen molar-refractivity contribution >= 4 is 5.91 Å². The van der Waals surface area contributed by atoms with Crippen LogP contribution in [-0.2, 0) is 5.41 Å². The number of fused-ring (bicyclic) bond motifs is 2. The van der Waals surface area contributed by atoms with Crippen LogP contribution in [0.3, 0.4) is 0 Å². The second-order valence-corrected chi connectivity index (χ2v) is 7.91. The third kappa shape index (κ3) is 2.92. The van der Waals surface area contributed by atoms with Crippen LogP contribution in [0.4, 0.5) is 0 Å². The zero-order valence-corrected chi connectivity index (χ0v) is 15.7. The Balaban J connectivity index is 1.55. The van der Waals surface area contributed by atoms with Crippen molar-refractivity contribution < 1.29 is 4.79 Å². The van der Waals surface area contributed by atoms with E-state index in [-0.39, 0.29) is 11.3 Å². The van der Waals surface area contributed by atoms with Gasteiger partial charge in [0.1, 0.15) is 0 Å². The van der Waals surface area contributed by atoms with E-state index in [1.165, 1.54) is 24.0 Å². The van der Waals surface area contributed by atoms with Gasteiger partial charge in [0, 0.05) is 37.1 Å². The van der Waals surface area contributed by atoms with Gasteiger partial charge in [0.15, 0.2) is 0 Å². The predicted octanol–water partition coefficient (Wildman–Crippen LogP) is 3.65. The van der Waals surface area contributed by atoms with Gasteiger partial charge in [-0.3, -0.25) is 9.78 Å². The monoisotopic (exact) mass is 349 g/mol. The van der Waals surface area contributed by atoms with Crippen molar-refractivity contribution in [2.75, 3.05) is 27.2 Å². The molecule has 0 saturated carbocycles. The molecule has 1 spiro atoms. The lowest BCUT2D eigenvalue weighted by Crippen LogP contribution is -2.47. The fraction of sp³-hybridized carbons (Fsp3) is 0.455. The van der Waals surface area contributed by atoms with Crippen molar-refractivity contribution in [2.45, 2.75) is 37.1 Å². The molecule has 1 amide bonds. The molecular formula is C22H27N3O. The average molecular weight is 349 g/mol. The topological polar surface area (TPSA) is 36.4 Å².